The zero-order valence-electron chi connectivity index (χ0n) is 11.9. The first-order valence-corrected chi connectivity index (χ1v) is 7.25. The lowest BCUT2D eigenvalue weighted by atomic mass is 9.87. The highest BCUT2D eigenvalue weighted by Crippen LogP contribution is 2.23. The average molecular weight is 250 g/mol. The second-order valence-electron chi connectivity index (χ2n) is 6.09. The van der Waals surface area contributed by atoms with Crippen LogP contribution in [0.4, 0.5) is 0 Å². The number of hydrogen-bond donors (Lipinski definition) is 1. The van der Waals surface area contributed by atoms with Crippen LogP contribution in [0.25, 0.3) is 0 Å². The van der Waals surface area contributed by atoms with E-state index in [1.165, 1.54) is 25.7 Å². The molecule has 1 aromatic heterocycles. The first kappa shape index (κ1) is 13.5. The molecule has 1 aromatic rings. The zero-order chi connectivity index (χ0) is 13.0. The van der Waals surface area contributed by atoms with Gasteiger partial charge in [-0.3, -0.25) is 0 Å². The summed E-state index contributed by atoms with van der Waals surface area (Å²) in [6, 6.07) is 0.672. The van der Waals surface area contributed by atoms with Gasteiger partial charge in [-0.15, -0.1) is 0 Å². The van der Waals surface area contributed by atoms with E-state index < -0.39 is 0 Å². The van der Waals surface area contributed by atoms with Crippen LogP contribution in [-0.4, -0.2) is 20.8 Å². The Morgan fingerprint density at radius 3 is 2.72 bits per heavy atom. The van der Waals surface area contributed by atoms with Crippen molar-refractivity contribution in [2.24, 2.45) is 11.8 Å². The minimum absolute atomic E-state index is 0.612. The molecule has 1 aliphatic carbocycles. The van der Waals surface area contributed by atoms with E-state index >= 15 is 0 Å². The minimum atomic E-state index is 0.612. The Labute approximate surface area is 110 Å². The quantitative estimate of drug-likeness (QED) is 0.873. The predicted molar refractivity (Wildman–Crippen MR) is 73.1 cm³/mol. The van der Waals surface area contributed by atoms with Crippen molar-refractivity contribution in [2.75, 3.05) is 0 Å². The zero-order valence-corrected chi connectivity index (χ0v) is 11.9. The monoisotopic (exact) mass is 250 g/mol. The van der Waals surface area contributed by atoms with Crippen molar-refractivity contribution in [1.29, 1.82) is 0 Å². The normalized spacial score (nSPS) is 24.7. The van der Waals surface area contributed by atoms with Gasteiger partial charge in [0.1, 0.15) is 12.2 Å². The van der Waals surface area contributed by atoms with Crippen molar-refractivity contribution >= 4 is 0 Å². The van der Waals surface area contributed by atoms with Crippen molar-refractivity contribution in [3.63, 3.8) is 0 Å². The summed E-state index contributed by atoms with van der Waals surface area (Å²) in [6.07, 6.45) is 6.99. The average Bonchev–Trinajstić information content (AvgIpc) is 2.75. The molecule has 1 aliphatic rings. The van der Waals surface area contributed by atoms with E-state index in [1.54, 1.807) is 6.33 Å². The van der Waals surface area contributed by atoms with Gasteiger partial charge in [0.2, 0.25) is 0 Å². The molecule has 1 saturated carbocycles. The molecule has 0 aromatic carbocycles. The number of nitrogens with one attached hydrogen (secondary N) is 1. The lowest BCUT2D eigenvalue weighted by Gasteiger charge is -2.26. The van der Waals surface area contributed by atoms with Gasteiger partial charge in [0, 0.05) is 12.6 Å². The van der Waals surface area contributed by atoms with Crippen molar-refractivity contribution < 1.29 is 0 Å². The molecular weight excluding hydrogens is 224 g/mol. The van der Waals surface area contributed by atoms with Gasteiger partial charge in [0.25, 0.3) is 0 Å². The highest BCUT2D eigenvalue weighted by molar-refractivity contribution is 4.86. The molecule has 1 heterocycles. The summed E-state index contributed by atoms with van der Waals surface area (Å²) in [5.41, 5.74) is 0. The van der Waals surface area contributed by atoms with Gasteiger partial charge in [-0.25, -0.2) is 9.67 Å². The van der Waals surface area contributed by atoms with Gasteiger partial charge in [0.15, 0.2) is 0 Å². The summed E-state index contributed by atoms with van der Waals surface area (Å²) >= 11 is 0. The van der Waals surface area contributed by atoms with Crippen molar-refractivity contribution in [3.8, 4) is 0 Å². The molecule has 0 unspecified atom stereocenters. The summed E-state index contributed by atoms with van der Waals surface area (Å²) in [5, 5.41) is 7.93. The van der Waals surface area contributed by atoms with Gasteiger partial charge in [0.05, 0.1) is 6.54 Å². The Morgan fingerprint density at radius 1 is 1.33 bits per heavy atom. The molecule has 1 N–H and O–H groups in total. The summed E-state index contributed by atoms with van der Waals surface area (Å²) < 4.78 is 2.03. The summed E-state index contributed by atoms with van der Waals surface area (Å²) in [4.78, 5) is 4.36. The van der Waals surface area contributed by atoms with Crippen LogP contribution >= 0.6 is 0 Å². The molecule has 0 amide bonds. The summed E-state index contributed by atoms with van der Waals surface area (Å²) in [6.45, 7) is 8.59. The van der Waals surface area contributed by atoms with Crippen molar-refractivity contribution in [1.82, 2.24) is 20.1 Å². The number of nitrogens with zero attached hydrogens (tertiary/aromatic N) is 3. The Morgan fingerprint density at radius 2 is 2.06 bits per heavy atom. The maximum absolute atomic E-state index is 4.36. The molecule has 102 valence electrons. The molecule has 0 saturated heterocycles. The van der Waals surface area contributed by atoms with E-state index in [9.17, 15) is 0 Å². The van der Waals surface area contributed by atoms with Crippen molar-refractivity contribution in [2.45, 2.75) is 65.6 Å². The Bertz CT molecular complexity index is 350. The van der Waals surface area contributed by atoms with Crippen LogP contribution in [0.1, 0.15) is 52.3 Å². The number of rotatable bonds is 5. The fraction of sp³-hybridized carbons (Fsp3) is 0.857. The van der Waals surface area contributed by atoms with E-state index in [2.05, 4.69) is 36.2 Å². The molecule has 18 heavy (non-hydrogen) atoms. The second kappa shape index (κ2) is 6.32. The third-order valence-electron chi connectivity index (χ3n) is 3.80. The van der Waals surface area contributed by atoms with Crippen LogP contribution in [0.15, 0.2) is 6.33 Å². The van der Waals surface area contributed by atoms with Crippen LogP contribution in [-0.2, 0) is 13.1 Å². The molecule has 0 spiro atoms. The van der Waals surface area contributed by atoms with Crippen LogP contribution in [0.3, 0.4) is 0 Å². The van der Waals surface area contributed by atoms with E-state index in [0.717, 1.165) is 24.8 Å². The largest absolute Gasteiger partial charge is 0.307 e. The first-order valence-electron chi connectivity index (χ1n) is 7.25. The highest BCUT2D eigenvalue weighted by Gasteiger charge is 2.18. The van der Waals surface area contributed by atoms with E-state index in [1.807, 2.05) is 4.68 Å². The Kier molecular flexibility index (Phi) is 4.75. The topological polar surface area (TPSA) is 42.7 Å². The SMILES string of the molecule is CC(C)Cn1ncnc1CNC1CCC(C)CC1. The van der Waals surface area contributed by atoms with E-state index in [-0.39, 0.29) is 0 Å². The predicted octanol–water partition coefficient (Wildman–Crippen LogP) is 2.60. The maximum atomic E-state index is 4.36. The van der Waals surface area contributed by atoms with Crippen molar-refractivity contribution in [3.05, 3.63) is 12.2 Å². The third-order valence-corrected chi connectivity index (χ3v) is 3.80. The van der Waals surface area contributed by atoms with E-state index in [4.69, 9.17) is 0 Å². The van der Waals surface area contributed by atoms with Crippen LogP contribution in [0, 0.1) is 11.8 Å². The molecule has 4 heteroatoms. The number of hydrogen-bond acceptors (Lipinski definition) is 3. The van der Waals surface area contributed by atoms with Crippen LogP contribution in [0.5, 0.6) is 0 Å². The number of aromatic nitrogens is 3. The van der Waals surface area contributed by atoms with Gasteiger partial charge < -0.3 is 5.32 Å². The van der Waals surface area contributed by atoms with E-state index in [0.29, 0.717) is 12.0 Å². The second-order valence-corrected chi connectivity index (χ2v) is 6.09. The molecule has 2 rings (SSSR count). The van der Waals surface area contributed by atoms with Gasteiger partial charge in [-0.2, -0.15) is 5.10 Å². The standard InChI is InChI=1S/C14H26N4/c1-11(2)9-18-14(16-10-17-18)8-15-13-6-4-12(3)5-7-13/h10-13,15H,4-9H2,1-3H3. The molecule has 0 bridgehead atoms. The first-order chi connectivity index (χ1) is 8.65. The summed E-state index contributed by atoms with van der Waals surface area (Å²) in [5.74, 6) is 2.59. The molecule has 0 radical (unpaired) electrons. The molecule has 1 fully saturated rings. The fourth-order valence-corrected chi connectivity index (χ4v) is 2.62. The third kappa shape index (κ3) is 3.80. The van der Waals surface area contributed by atoms with Gasteiger partial charge in [-0.1, -0.05) is 20.8 Å². The Balaban J connectivity index is 1.81. The smallest absolute Gasteiger partial charge is 0.140 e. The highest BCUT2D eigenvalue weighted by atomic mass is 15.3. The molecule has 4 nitrogen and oxygen atoms in total. The Hall–Kier alpha value is -0.900. The van der Waals surface area contributed by atoms with Gasteiger partial charge >= 0.3 is 0 Å². The molecule has 0 atom stereocenters. The minimum Gasteiger partial charge on any atom is -0.307 e. The lowest BCUT2D eigenvalue weighted by molar-refractivity contribution is 0.302. The molecular formula is C14H26N4. The fourth-order valence-electron chi connectivity index (χ4n) is 2.62. The van der Waals surface area contributed by atoms with Gasteiger partial charge in [-0.05, 0) is 37.5 Å². The summed E-state index contributed by atoms with van der Waals surface area (Å²) in [7, 11) is 0. The van der Waals surface area contributed by atoms with Crippen LogP contribution in [0.2, 0.25) is 0 Å². The molecule has 0 aliphatic heterocycles. The maximum Gasteiger partial charge on any atom is 0.140 e. The lowest BCUT2D eigenvalue weighted by Crippen LogP contribution is -2.33. The van der Waals surface area contributed by atoms with Crippen LogP contribution < -0.4 is 5.32 Å².